The van der Waals surface area contributed by atoms with Gasteiger partial charge >= 0.3 is 0 Å². The zero-order valence-electron chi connectivity index (χ0n) is 17.3. The number of hydrogen-bond acceptors (Lipinski definition) is 5. The van der Waals surface area contributed by atoms with Gasteiger partial charge < -0.3 is 9.47 Å². The van der Waals surface area contributed by atoms with Crippen LogP contribution >= 0.6 is 11.6 Å². The van der Waals surface area contributed by atoms with Gasteiger partial charge in [0.15, 0.2) is 17.3 Å². The molecule has 1 aromatic heterocycles. The third-order valence-electron chi connectivity index (χ3n) is 4.81. The molecule has 0 aliphatic heterocycles. The molecule has 0 aliphatic rings. The first-order valence-corrected chi connectivity index (χ1v) is 9.93. The van der Waals surface area contributed by atoms with E-state index < -0.39 is 0 Å². The molecule has 0 radical (unpaired) electrons. The van der Waals surface area contributed by atoms with Gasteiger partial charge in [0, 0.05) is 10.6 Å². The molecule has 4 rings (SSSR count). The summed E-state index contributed by atoms with van der Waals surface area (Å²) in [5, 5.41) is 5.32. The Labute approximate surface area is 184 Å². The normalized spacial score (nSPS) is 11.2. The molecule has 4 aromatic rings. The summed E-state index contributed by atoms with van der Waals surface area (Å²) in [4.78, 5) is 18.0. The van der Waals surface area contributed by atoms with E-state index in [1.807, 2.05) is 37.3 Å². The van der Waals surface area contributed by atoms with Crippen molar-refractivity contribution in [1.29, 1.82) is 0 Å². The highest BCUT2D eigenvalue weighted by molar-refractivity contribution is 6.31. The molecule has 0 saturated carbocycles. The Balaban J connectivity index is 1.96. The van der Waals surface area contributed by atoms with Crippen molar-refractivity contribution in [3.63, 3.8) is 0 Å². The third-order valence-corrected chi connectivity index (χ3v) is 5.05. The van der Waals surface area contributed by atoms with Gasteiger partial charge in [0.2, 0.25) is 0 Å². The molecule has 31 heavy (non-hydrogen) atoms. The minimum atomic E-state index is -0.318. The maximum Gasteiger partial charge on any atom is 0.282 e. The number of halogens is 1. The van der Waals surface area contributed by atoms with Gasteiger partial charge in [0.1, 0.15) is 0 Å². The van der Waals surface area contributed by atoms with Gasteiger partial charge in [-0.15, -0.1) is 0 Å². The number of benzene rings is 3. The summed E-state index contributed by atoms with van der Waals surface area (Å²) in [6.07, 6.45) is 1.64. The summed E-state index contributed by atoms with van der Waals surface area (Å²) in [5.74, 6) is 1.49. The van der Waals surface area contributed by atoms with Crippen molar-refractivity contribution in [2.24, 2.45) is 5.10 Å². The summed E-state index contributed by atoms with van der Waals surface area (Å²) in [6.45, 7) is 2.00. The summed E-state index contributed by atoms with van der Waals surface area (Å²) in [5.41, 5.74) is 2.84. The average molecular weight is 434 g/mol. The van der Waals surface area contributed by atoms with E-state index in [4.69, 9.17) is 26.1 Å². The van der Waals surface area contributed by atoms with Crippen LogP contribution in [0.3, 0.4) is 0 Å². The molecule has 0 unspecified atom stereocenters. The molecular formula is C24H20ClN3O3. The molecule has 0 amide bonds. The average Bonchev–Trinajstić information content (AvgIpc) is 2.78. The highest BCUT2D eigenvalue weighted by Gasteiger charge is 2.15. The molecule has 7 heteroatoms. The lowest BCUT2D eigenvalue weighted by Gasteiger charge is -2.12. The Morgan fingerprint density at radius 1 is 1.00 bits per heavy atom. The number of aryl methyl sites for hydroxylation is 1. The molecule has 0 N–H and O–H groups in total. The smallest absolute Gasteiger partial charge is 0.282 e. The topological polar surface area (TPSA) is 65.7 Å². The number of nitrogens with zero attached hydrogens (tertiary/aromatic N) is 3. The molecule has 6 nitrogen and oxygen atoms in total. The zero-order chi connectivity index (χ0) is 22.0. The number of methoxy groups -OCH3 is 2. The molecule has 0 spiro atoms. The summed E-state index contributed by atoms with van der Waals surface area (Å²) >= 11 is 6.12. The molecule has 156 valence electrons. The van der Waals surface area contributed by atoms with Crippen LogP contribution in [0, 0.1) is 6.92 Å². The van der Waals surface area contributed by atoms with Crippen LogP contribution in [-0.4, -0.2) is 30.1 Å². The van der Waals surface area contributed by atoms with Crippen LogP contribution in [0.5, 0.6) is 11.5 Å². The van der Waals surface area contributed by atoms with Crippen molar-refractivity contribution < 1.29 is 9.47 Å². The first-order valence-electron chi connectivity index (χ1n) is 9.56. The van der Waals surface area contributed by atoms with Crippen LogP contribution < -0.4 is 15.0 Å². The van der Waals surface area contributed by atoms with Crippen LogP contribution in [0.4, 0.5) is 0 Å². The fourth-order valence-electron chi connectivity index (χ4n) is 3.29. The highest BCUT2D eigenvalue weighted by Crippen LogP contribution is 2.32. The lowest BCUT2D eigenvalue weighted by molar-refractivity contribution is 0.355. The maximum absolute atomic E-state index is 13.3. The quantitative estimate of drug-likeness (QED) is 0.419. The second-order valence-electron chi connectivity index (χ2n) is 6.94. The van der Waals surface area contributed by atoms with Gasteiger partial charge in [0.25, 0.3) is 5.56 Å². The Kier molecular flexibility index (Phi) is 5.73. The predicted octanol–water partition coefficient (Wildman–Crippen LogP) is 4.92. The summed E-state index contributed by atoms with van der Waals surface area (Å²) in [6, 6.07) is 18.2. The van der Waals surface area contributed by atoms with E-state index in [1.165, 1.54) is 4.68 Å². The number of rotatable bonds is 5. The molecule has 0 atom stereocenters. The van der Waals surface area contributed by atoms with Crippen molar-refractivity contribution >= 4 is 28.7 Å². The van der Waals surface area contributed by atoms with Gasteiger partial charge in [-0.2, -0.15) is 9.78 Å². The van der Waals surface area contributed by atoms with Gasteiger partial charge in [-0.3, -0.25) is 4.79 Å². The zero-order valence-corrected chi connectivity index (χ0v) is 18.1. The van der Waals surface area contributed by atoms with E-state index in [9.17, 15) is 4.79 Å². The molecule has 3 aromatic carbocycles. The lowest BCUT2D eigenvalue weighted by Crippen LogP contribution is -2.20. The van der Waals surface area contributed by atoms with Crippen LogP contribution in [0.15, 0.2) is 70.6 Å². The van der Waals surface area contributed by atoms with Gasteiger partial charge in [-0.25, -0.2) is 4.98 Å². The van der Waals surface area contributed by atoms with Crippen LogP contribution in [0.25, 0.3) is 22.3 Å². The van der Waals surface area contributed by atoms with E-state index >= 15 is 0 Å². The Morgan fingerprint density at radius 3 is 2.55 bits per heavy atom. The summed E-state index contributed by atoms with van der Waals surface area (Å²) in [7, 11) is 3.12. The molecule has 0 aliphatic carbocycles. The standard InChI is InChI=1S/C24H20ClN3O3/c1-15-5-4-6-16(11-15)14-26-28-23(17-7-10-21(30-2)22(12-17)31-3)27-20-9-8-18(25)13-19(20)24(28)29/h4-14H,1-3H3. The van der Waals surface area contributed by atoms with E-state index in [0.717, 1.165) is 11.1 Å². The Morgan fingerprint density at radius 2 is 1.81 bits per heavy atom. The Hall–Kier alpha value is -3.64. The van der Waals surface area contributed by atoms with Crippen molar-refractivity contribution in [2.75, 3.05) is 14.2 Å². The number of ether oxygens (including phenoxy) is 2. The first kappa shape index (κ1) is 20.6. The monoisotopic (exact) mass is 433 g/mol. The fraction of sp³-hybridized carbons (Fsp3) is 0.125. The number of aromatic nitrogens is 2. The first-order chi connectivity index (χ1) is 15.0. The fourth-order valence-corrected chi connectivity index (χ4v) is 3.46. The third kappa shape index (κ3) is 4.15. The SMILES string of the molecule is COc1ccc(-c2nc3ccc(Cl)cc3c(=O)n2N=Cc2cccc(C)c2)cc1OC. The van der Waals surface area contributed by atoms with Crippen molar-refractivity contribution in [3.05, 3.63) is 87.2 Å². The maximum atomic E-state index is 13.3. The Bertz CT molecular complexity index is 1360. The second-order valence-corrected chi connectivity index (χ2v) is 7.38. The second kappa shape index (κ2) is 8.62. The van der Waals surface area contributed by atoms with Gasteiger partial charge in [0.05, 0.1) is 31.3 Å². The lowest BCUT2D eigenvalue weighted by atomic mass is 10.1. The number of fused-ring (bicyclic) bond motifs is 1. The van der Waals surface area contributed by atoms with E-state index in [-0.39, 0.29) is 5.56 Å². The van der Waals surface area contributed by atoms with Gasteiger partial charge in [-0.05, 0) is 48.9 Å². The van der Waals surface area contributed by atoms with E-state index in [2.05, 4.69) is 5.10 Å². The van der Waals surface area contributed by atoms with Gasteiger partial charge in [-0.1, -0.05) is 41.4 Å². The molecule has 0 fully saturated rings. The minimum absolute atomic E-state index is 0.318. The highest BCUT2D eigenvalue weighted by atomic mass is 35.5. The van der Waals surface area contributed by atoms with Crippen LogP contribution in [0.1, 0.15) is 11.1 Å². The van der Waals surface area contributed by atoms with E-state index in [1.54, 1.807) is 50.8 Å². The van der Waals surface area contributed by atoms with E-state index in [0.29, 0.717) is 38.8 Å². The summed E-state index contributed by atoms with van der Waals surface area (Å²) < 4.78 is 12.0. The van der Waals surface area contributed by atoms with Crippen molar-refractivity contribution in [1.82, 2.24) is 9.66 Å². The van der Waals surface area contributed by atoms with Crippen molar-refractivity contribution in [3.8, 4) is 22.9 Å². The minimum Gasteiger partial charge on any atom is -0.493 e. The molecule has 0 saturated heterocycles. The largest absolute Gasteiger partial charge is 0.493 e. The molecule has 1 heterocycles. The molecule has 0 bridgehead atoms. The number of hydrogen-bond donors (Lipinski definition) is 0. The predicted molar refractivity (Wildman–Crippen MR) is 124 cm³/mol. The van der Waals surface area contributed by atoms with Crippen LogP contribution in [-0.2, 0) is 0 Å². The van der Waals surface area contributed by atoms with Crippen molar-refractivity contribution in [2.45, 2.75) is 6.92 Å². The molecular weight excluding hydrogens is 414 g/mol. The van der Waals surface area contributed by atoms with Crippen LogP contribution in [0.2, 0.25) is 5.02 Å².